The van der Waals surface area contributed by atoms with Gasteiger partial charge in [-0.25, -0.2) is 4.79 Å². The van der Waals surface area contributed by atoms with E-state index in [0.29, 0.717) is 0 Å². The summed E-state index contributed by atoms with van der Waals surface area (Å²) in [6, 6.07) is 0. The highest BCUT2D eigenvalue weighted by Crippen LogP contribution is 2.41. The quantitative estimate of drug-likeness (QED) is 0.108. The monoisotopic (exact) mass is 578 g/mol. The van der Waals surface area contributed by atoms with Crippen LogP contribution in [0.2, 0.25) is 0 Å². The summed E-state index contributed by atoms with van der Waals surface area (Å²) in [6.07, 6.45) is -7.49. The average Bonchev–Trinajstić information content (AvgIpc) is 2.93. The zero-order chi connectivity index (χ0) is 30.4. The Kier molecular flexibility index (Phi) is 12.4. The maximum atomic E-state index is 13.5. The highest BCUT2D eigenvalue weighted by molar-refractivity contribution is 5.86. The van der Waals surface area contributed by atoms with Crippen LogP contribution in [-0.4, -0.2) is 135 Å². The van der Waals surface area contributed by atoms with Crippen molar-refractivity contribution < 1.29 is 69.0 Å². The molecule has 230 valence electrons. The molecule has 0 amide bonds. The summed E-state index contributed by atoms with van der Waals surface area (Å²) < 4.78 is 27.7. The molecule has 2 saturated heterocycles. The molecule has 0 aromatic heterocycles. The van der Waals surface area contributed by atoms with Crippen molar-refractivity contribution in [3.05, 3.63) is 0 Å². The Morgan fingerprint density at radius 2 is 1.43 bits per heavy atom. The molecule has 0 aromatic rings. The third-order valence-corrected chi connectivity index (χ3v) is 7.88. The van der Waals surface area contributed by atoms with Gasteiger partial charge in [0.1, 0.15) is 24.4 Å². The van der Waals surface area contributed by atoms with Crippen molar-refractivity contribution in [2.75, 3.05) is 27.4 Å². The van der Waals surface area contributed by atoms with Crippen LogP contribution >= 0.6 is 0 Å². The zero-order valence-electron chi connectivity index (χ0n) is 23.1. The van der Waals surface area contributed by atoms with Gasteiger partial charge in [-0.15, -0.1) is 12.3 Å². The molecule has 0 bridgehead atoms. The number of rotatable bonds is 14. The second-order valence-corrected chi connectivity index (χ2v) is 10.3. The van der Waals surface area contributed by atoms with E-state index in [1.54, 1.807) is 6.92 Å². The van der Waals surface area contributed by atoms with Gasteiger partial charge in [-0.3, -0.25) is 4.79 Å². The lowest BCUT2D eigenvalue weighted by molar-refractivity contribution is -0.345. The van der Waals surface area contributed by atoms with Gasteiger partial charge in [-0.2, -0.15) is 0 Å². The van der Waals surface area contributed by atoms with Crippen LogP contribution < -0.4 is 0 Å². The van der Waals surface area contributed by atoms with E-state index in [1.165, 1.54) is 14.0 Å². The lowest BCUT2D eigenvalue weighted by Gasteiger charge is -2.49. The number of carbonyl (C=O) groups is 2. The third kappa shape index (κ3) is 7.00. The Morgan fingerprint density at radius 1 is 0.950 bits per heavy atom. The van der Waals surface area contributed by atoms with Gasteiger partial charge in [0.25, 0.3) is 5.79 Å². The minimum absolute atomic E-state index is 0.0419. The summed E-state index contributed by atoms with van der Waals surface area (Å²) in [6.45, 7) is 1.49. The predicted octanol–water partition coefficient (Wildman–Crippen LogP) is -2.23. The molecule has 0 aliphatic carbocycles. The Hall–Kier alpha value is -1.74. The summed E-state index contributed by atoms with van der Waals surface area (Å²) in [5, 5.41) is 73.1. The maximum absolute atomic E-state index is 13.5. The Labute approximate surface area is 232 Å². The van der Waals surface area contributed by atoms with Crippen molar-refractivity contribution in [2.24, 2.45) is 11.8 Å². The van der Waals surface area contributed by atoms with Crippen molar-refractivity contribution in [3.8, 4) is 12.3 Å². The molecule has 2 aliphatic rings. The number of methoxy groups -OCH3 is 2. The normalized spacial score (nSPS) is 37.6. The van der Waals surface area contributed by atoms with Gasteiger partial charge in [0.15, 0.2) is 5.78 Å². The minimum atomic E-state index is -2.34. The van der Waals surface area contributed by atoms with E-state index in [0.717, 1.165) is 7.11 Å². The Bertz CT molecular complexity index is 889. The molecule has 14 nitrogen and oxygen atoms in total. The molecule has 0 aromatic carbocycles. The van der Waals surface area contributed by atoms with E-state index >= 15 is 0 Å². The molecular weight excluding hydrogens is 536 g/mol. The van der Waals surface area contributed by atoms with Crippen LogP contribution in [0.15, 0.2) is 0 Å². The minimum Gasteiger partial charge on any atom is -0.477 e. The molecule has 14 heteroatoms. The van der Waals surface area contributed by atoms with Crippen molar-refractivity contribution in [1.29, 1.82) is 0 Å². The van der Waals surface area contributed by atoms with Crippen molar-refractivity contribution >= 4 is 11.8 Å². The number of aliphatic hydroxyl groups is 6. The number of hydrogen-bond donors (Lipinski definition) is 7. The van der Waals surface area contributed by atoms with Gasteiger partial charge in [0.2, 0.25) is 5.79 Å². The van der Waals surface area contributed by atoms with Crippen LogP contribution in [0, 0.1) is 24.2 Å². The van der Waals surface area contributed by atoms with Gasteiger partial charge in [0.05, 0.1) is 37.6 Å². The third-order valence-electron chi connectivity index (χ3n) is 7.88. The molecule has 0 radical (unpaired) electrons. The first-order chi connectivity index (χ1) is 18.8. The number of carbonyl (C=O) groups excluding carboxylic acids is 1. The van der Waals surface area contributed by atoms with Crippen LogP contribution in [0.5, 0.6) is 0 Å². The van der Waals surface area contributed by atoms with Gasteiger partial charge < -0.3 is 59.4 Å². The fraction of sp³-hybridized carbons (Fsp3) is 0.846. The van der Waals surface area contributed by atoms with Gasteiger partial charge in [-0.1, -0.05) is 13.8 Å². The fourth-order valence-electron chi connectivity index (χ4n) is 5.13. The molecule has 2 rings (SSSR count). The standard InChI is InChI=1S/C26H42O14/c1-6-7-8-19(31)25(9-15(29)13(2)22(39-25)20(32)17(11-27)36-4)38-18(12-28)21(33)23-14(3)16(30)10-26(37-5,40-23)24(34)35/h1,13-18,20-23,27-30,32-33H,7-12H2,2-5H3,(H,34,35)/t13-,14-,15-,16-,17-,18-,20-,21-,22?,23?,25-,26-/m1/s1. The molecule has 2 unspecified atom stereocenters. The topological polar surface area (TPSA) is 222 Å². The van der Waals surface area contributed by atoms with E-state index in [-0.39, 0.29) is 12.8 Å². The number of carboxylic acids is 1. The van der Waals surface area contributed by atoms with E-state index in [9.17, 15) is 45.3 Å². The number of aliphatic carboxylic acids is 1. The van der Waals surface area contributed by atoms with Crippen LogP contribution in [0.25, 0.3) is 0 Å². The molecule has 2 heterocycles. The maximum Gasteiger partial charge on any atom is 0.364 e. The zero-order valence-corrected chi connectivity index (χ0v) is 23.1. The van der Waals surface area contributed by atoms with Crippen LogP contribution in [0.1, 0.15) is 39.5 Å². The highest BCUT2D eigenvalue weighted by Gasteiger charge is 2.57. The first-order valence-corrected chi connectivity index (χ1v) is 13.0. The SMILES string of the molecule is C#CCCC(=O)[C@@]1(O[C@H](CO)[C@@H](O)C2O[C@@](OC)(C(=O)O)C[C@@H](O)[C@H]2C)C[C@@H](O)[C@@H](C)C([C@H](O)[C@@H](CO)OC)O1. The summed E-state index contributed by atoms with van der Waals surface area (Å²) >= 11 is 0. The first kappa shape index (κ1) is 34.5. The second kappa shape index (κ2) is 14.4. The first-order valence-electron chi connectivity index (χ1n) is 13.0. The van der Waals surface area contributed by atoms with Gasteiger partial charge >= 0.3 is 5.97 Å². The van der Waals surface area contributed by atoms with E-state index in [1.807, 2.05) is 0 Å². The molecule has 2 aliphatic heterocycles. The number of terminal acetylenes is 1. The summed E-state index contributed by atoms with van der Waals surface area (Å²) in [5.41, 5.74) is 0. The molecule has 12 atom stereocenters. The number of Topliss-reactive ketones (excluding diaryl/α,β-unsaturated/α-hetero) is 1. The summed E-state index contributed by atoms with van der Waals surface area (Å²) in [5.74, 6) is -6.29. The van der Waals surface area contributed by atoms with Crippen LogP contribution in [0.4, 0.5) is 0 Å². The molecule has 7 N–H and O–H groups in total. The molecule has 0 spiro atoms. The number of carboxylic acid groups (broad SMARTS) is 1. The highest BCUT2D eigenvalue weighted by atomic mass is 16.7. The molecule has 2 fully saturated rings. The number of ether oxygens (including phenoxy) is 5. The van der Waals surface area contributed by atoms with E-state index in [4.69, 9.17) is 30.1 Å². The fourth-order valence-corrected chi connectivity index (χ4v) is 5.13. The van der Waals surface area contributed by atoms with Crippen LogP contribution in [0.3, 0.4) is 0 Å². The lowest BCUT2D eigenvalue weighted by Crippen LogP contribution is -2.65. The van der Waals surface area contributed by atoms with E-state index in [2.05, 4.69) is 5.92 Å². The smallest absolute Gasteiger partial charge is 0.364 e. The number of aliphatic hydroxyl groups excluding tert-OH is 6. The van der Waals surface area contributed by atoms with Gasteiger partial charge in [-0.05, 0) is 0 Å². The summed E-state index contributed by atoms with van der Waals surface area (Å²) in [7, 11) is 2.30. The van der Waals surface area contributed by atoms with E-state index < -0.39 is 110 Å². The Morgan fingerprint density at radius 3 is 1.85 bits per heavy atom. The average molecular weight is 579 g/mol. The molecule has 40 heavy (non-hydrogen) atoms. The second-order valence-electron chi connectivity index (χ2n) is 10.3. The van der Waals surface area contributed by atoms with Gasteiger partial charge in [0, 0.05) is 51.7 Å². The predicted molar refractivity (Wildman–Crippen MR) is 134 cm³/mol. The number of hydrogen-bond acceptors (Lipinski definition) is 13. The van der Waals surface area contributed by atoms with Crippen molar-refractivity contribution in [3.63, 3.8) is 0 Å². The largest absolute Gasteiger partial charge is 0.477 e. The number of ketones is 1. The van der Waals surface area contributed by atoms with Crippen LogP contribution in [-0.2, 0) is 33.3 Å². The summed E-state index contributed by atoms with van der Waals surface area (Å²) in [4.78, 5) is 25.4. The molecular formula is C26H42O14. The van der Waals surface area contributed by atoms with Crippen molar-refractivity contribution in [2.45, 2.75) is 99.9 Å². The lowest BCUT2D eigenvalue weighted by atomic mass is 9.82. The molecule has 0 saturated carbocycles. The Balaban J connectivity index is 2.48. The van der Waals surface area contributed by atoms with Crippen molar-refractivity contribution in [1.82, 2.24) is 0 Å².